The minimum Gasteiger partial charge on any atom is -0.390 e. The van der Waals surface area contributed by atoms with Gasteiger partial charge >= 0.3 is 0 Å². The van der Waals surface area contributed by atoms with E-state index in [4.69, 9.17) is 32.0 Å². The highest BCUT2D eigenvalue weighted by Crippen LogP contribution is 2.42. The van der Waals surface area contributed by atoms with Gasteiger partial charge in [0.05, 0.1) is 30.0 Å². The number of nitrogens with two attached hydrogens (primary N) is 1. The standard InChI is InChI=1S/C23H28ClN7O2S.CH4/c1-14-22(34-17-3-6-27-21(18(17)24)31-10-7-26-13-31)29-16(11-32)20(28-14)30-8-4-23(5-9-30)12-33-15(2)19(23)25;/h3,6-7,10,13,15,19,32H,4-5,8-9,11-12,25H2,1-2H3;1H4/t15-,19+;/m0./s1. The van der Waals surface area contributed by atoms with Crippen LogP contribution in [0.25, 0.3) is 5.82 Å². The molecule has 2 atom stereocenters. The van der Waals surface area contributed by atoms with Gasteiger partial charge in [-0.1, -0.05) is 30.8 Å². The summed E-state index contributed by atoms with van der Waals surface area (Å²) in [7, 11) is 0. The number of hydrogen-bond acceptors (Lipinski definition) is 9. The molecular formula is C24H32ClN7O2S. The Kier molecular flexibility index (Phi) is 7.68. The summed E-state index contributed by atoms with van der Waals surface area (Å²) in [4.78, 5) is 21.1. The van der Waals surface area contributed by atoms with Gasteiger partial charge in [-0.15, -0.1) is 0 Å². The molecule has 0 bridgehead atoms. The van der Waals surface area contributed by atoms with Gasteiger partial charge in [0.2, 0.25) is 0 Å². The van der Waals surface area contributed by atoms with Gasteiger partial charge in [0.1, 0.15) is 17.0 Å². The molecule has 3 aromatic rings. The molecular weight excluding hydrogens is 486 g/mol. The van der Waals surface area contributed by atoms with Crippen molar-refractivity contribution in [1.29, 1.82) is 0 Å². The summed E-state index contributed by atoms with van der Waals surface area (Å²) in [5.74, 6) is 1.33. The SMILES string of the molecule is C.Cc1nc(N2CCC3(CC2)CO[C@@H](C)[C@H]3N)c(CO)nc1Sc1ccnc(-n2ccnc2)c1Cl. The molecule has 5 rings (SSSR count). The summed E-state index contributed by atoms with van der Waals surface area (Å²) in [6.07, 6.45) is 8.79. The number of pyridine rings is 1. The number of rotatable bonds is 5. The Bertz CT molecular complexity index is 1170. The highest BCUT2D eigenvalue weighted by atomic mass is 35.5. The first-order valence-electron chi connectivity index (χ1n) is 11.3. The van der Waals surface area contributed by atoms with E-state index in [-0.39, 0.29) is 31.6 Å². The molecule has 0 aliphatic carbocycles. The number of aryl methyl sites for hydroxylation is 1. The van der Waals surface area contributed by atoms with E-state index < -0.39 is 0 Å². The fourth-order valence-corrected chi connectivity index (χ4v) is 5.97. The van der Waals surface area contributed by atoms with Crippen molar-refractivity contribution in [1.82, 2.24) is 24.5 Å². The number of hydrogen-bond donors (Lipinski definition) is 2. The summed E-state index contributed by atoms with van der Waals surface area (Å²) < 4.78 is 7.61. The first-order chi connectivity index (χ1) is 16.4. The van der Waals surface area contributed by atoms with E-state index in [1.165, 1.54) is 11.8 Å². The number of aliphatic hydroxyl groups excluding tert-OH is 1. The van der Waals surface area contributed by atoms with Crippen molar-refractivity contribution in [3.8, 4) is 5.82 Å². The van der Waals surface area contributed by atoms with Crippen LogP contribution in [0.5, 0.6) is 0 Å². The first-order valence-corrected chi connectivity index (χ1v) is 12.5. The number of imidazole rings is 1. The Balaban J connectivity index is 0.00000289. The monoisotopic (exact) mass is 517 g/mol. The highest BCUT2D eigenvalue weighted by molar-refractivity contribution is 7.99. The van der Waals surface area contributed by atoms with Gasteiger partial charge in [-0.25, -0.2) is 19.9 Å². The lowest BCUT2D eigenvalue weighted by Gasteiger charge is -2.42. The maximum Gasteiger partial charge on any atom is 0.157 e. The van der Waals surface area contributed by atoms with Crippen LogP contribution in [0.3, 0.4) is 0 Å². The van der Waals surface area contributed by atoms with Crippen molar-refractivity contribution < 1.29 is 9.84 Å². The summed E-state index contributed by atoms with van der Waals surface area (Å²) in [5, 5.41) is 11.3. The van der Waals surface area contributed by atoms with E-state index in [0.29, 0.717) is 28.2 Å². The number of piperidine rings is 1. The van der Waals surface area contributed by atoms with Crippen LogP contribution in [0, 0.1) is 12.3 Å². The van der Waals surface area contributed by atoms with Crippen molar-refractivity contribution in [2.24, 2.45) is 11.1 Å². The Morgan fingerprint density at radius 2 is 2.03 bits per heavy atom. The highest BCUT2D eigenvalue weighted by Gasteiger charge is 2.47. The van der Waals surface area contributed by atoms with Crippen molar-refractivity contribution in [3.63, 3.8) is 0 Å². The Labute approximate surface area is 215 Å². The number of ether oxygens (including phenoxy) is 1. The molecule has 35 heavy (non-hydrogen) atoms. The number of anilines is 1. The molecule has 188 valence electrons. The molecule has 0 aromatic carbocycles. The van der Waals surface area contributed by atoms with Crippen molar-refractivity contribution >= 4 is 29.2 Å². The molecule has 1 spiro atoms. The van der Waals surface area contributed by atoms with Crippen molar-refractivity contribution in [2.45, 2.75) is 62.8 Å². The van der Waals surface area contributed by atoms with Gasteiger partial charge in [-0.2, -0.15) is 0 Å². The largest absolute Gasteiger partial charge is 0.390 e. The second-order valence-corrected chi connectivity index (χ2v) is 10.4. The molecule has 0 amide bonds. The molecule has 3 N–H and O–H groups in total. The molecule has 5 heterocycles. The van der Waals surface area contributed by atoms with Crippen molar-refractivity contribution in [2.75, 3.05) is 24.6 Å². The molecule has 3 aromatic heterocycles. The van der Waals surface area contributed by atoms with Crippen LogP contribution in [0.2, 0.25) is 5.02 Å². The van der Waals surface area contributed by atoms with E-state index in [2.05, 4.69) is 14.9 Å². The fraction of sp³-hybridized carbons (Fsp3) is 0.500. The summed E-state index contributed by atoms with van der Waals surface area (Å²) in [6.45, 7) is 6.11. The summed E-state index contributed by atoms with van der Waals surface area (Å²) in [5.41, 5.74) is 7.83. The minimum atomic E-state index is -0.193. The van der Waals surface area contributed by atoms with Gasteiger partial charge in [0, 0.05) is 48.0 Å². The quantitative estimate of drug-likeness (QED) is 0.523. The zero-order valence-corrected chi connectivity index (χ0v) is 20.8. The molecule has 9 nitrogen and oxygen atoms in total. The third-order valence-corrected chi connectivity index (χ3v) is 8.55. The zero-order chi connectivity index (χ0) is 23.9. The van der Waals surface area contributed by atoms with Crippen molar-refractivity contribution in [3.05, 3.63) is 47.4 Å². The molecule has 0 radical (unpaired) electrons. The normalized spacial score (nSPS) is 21.3. The second-order valence-electron chi connectivity index (χ2n) is 8.95. The van der Waals surface area contributed by atoms with Crippen LogP contribution >= 0.6 is 23.4 Å². The molecule has 2 fully saturated rings. The third-order valence-electron chi connectivity index (χ3n) is 6.92. The number of aliphatic hydroxyl groups is 1. The number of halogens is 1. The predicted molar refractivity (Wildman–Crippen MR) is 137 cm³/mol. The van der Waals surface area contributed by atoms with Crippen LogP contribution in [0.1, 0.15) is 38.6 Å². The average Bonchev–Trinajstić information content (AvgIpc) is 3.47. The fourth-order valence-electron chi connectivity index (χ4n) is 4.78. The van der Waals surface area contributed by atoms with E-state index in [1.807, 2.05) is 19.9 Å². The Morgan fingerprint density at radius 1 is 1.26 bits per heavy atom. The van der Waals surface area contributed by atoms with E-state index >= 15 is 0 Å². The molecule has 0 unspecified atom stereocenters. The molecule has 2 aliphatic rings. The third kappa shape index (κ3) is 4.77. The Morgan fingerprint density at radius 3 is 2.66 bits per heavy atom. The predicted octanol–water partition coefficient (Wildman–Crippen LogP) is 3.63. The smallest absolute Gasteiger partial charge is 0.157 e. The lowest BCUT2D eigenvalue weighted by molar-refractivity contribution is 0.0973. The van der Waals surface area contributed by atoms with Crippen LogP contribution in [-0.2, 0) is 11.3 Å². The lowest BCUT2D eigenvalue weighted by atomic mass is 9.73. The summed E-state index contributed by atoms with van der Waals surface area (Å²) in [6, 6.07) is 1.90. The maximum atomic E-state index is 10.1. The van der Waals surface area contributed by atoms with Gasteiger partial charge in [-0.3, -0.25) is 4.57 Å². The number of aromatic nitrogens is 5. The van der Waals surface area contributed by atoms with E-state index in [9.17, 15) is 5.11 Å². The maximum absolute atomic E-state index is 10.1. The molecule has 0 saturated carbocycles. The van der Waals surface area contributed by atoms with E-state index in [0.717, 1.165) is 42.3 Å². The van der Waals surface area contributed by atoms with Crippen LogP contribution in [0.4, 0.5) is 5.82 Å². The molecule has 11 heteroatoms. The second kappa shape index (κ2) is 10.4. The van der Waals surface area contributed by atoms with Crippen LogP contribution < -0.4 is 10.6 Å². The summed E-state index contributed by atoms with van der Waals surface area (Å²) >= 11 is 8.06. The van der Waals surface area contributed by atoms with Gasteiger partial charge in [-0.05, 0) is 32.8 Å². The number of nitrogens with zero attached hydrogens (tertiary/aromatic N) is 6. The zero-order valence-electron chi connectivity index (χ0n) is 19.2. The lowest BCUT2D eigenvalue weighted by Crippen LogP contribution is -2.51. The van der Waals surface area contributed by atoms with Gasteiger partial charge in [0.25, 0.3) is 0 Å². The minimum absolute atomic E-state index is 0. The topological polar surface area (TPSA) is 115 Å². The molecule has 2 aliphatic heterocycles. The van der Waals surface area contributed by atoms with E-state index in [1.54, 1.807) is 29.5 Å². The van der Waals surface area contributed by atoms with Gasteiger partial charge < -0.3 is 20.5 Å². The van der Waals surface area contributed by atoms with Crippen LogP contribution in [-0.4, -0.2) is 61.5 Å². The average molecular weight is 518 g/mol. The first kappa shape index (κ1) is 25.8. The van der Waals surface area contributed by atoms with Crippen LogP contribution in [0.15, 0.2) is 40.9 Å². The Hall–Kier alpha value is -2.24. The molecule has 2 saturated heterocycles. The van der Waals surface area contributed by atoms with Gasteiger partial charge in [0.15, 0.2) is 11.6 Å².